The minimum absolute atomic E-state index is 0.0306. The Hall–Kier alpha value is -6.80. The van der Waals surface area contributed by atoms with Crippen LogP contribution in [0.2, 0.25) is 0 Å². The fraction of sp³-hybridized carbons (Fsp3) is 0.333. The summed E-state index contributed by atoms with van der Waals surface area (Å²) in [6.07, 6.45) is 0. The molecule has 6 aliphatic rings. The van der Waals surface area contributed by atoms with Gasteiger partial charge in [-0.05, 0) is 134 Å². The van der Waals surface area contributed by atoms with Crippen molar-refractivity contribution in [1.29, 1.82) is 0 Å². The van der Waals surface area contributed by atoms with Crippen LogP contribution in [-0.4, -0.2) is 39.9 Å². The smallest absolute Gasteiger partial charge is 0.141 e. The van der Waals surface area contributed by atoms with Crippen LogP contribution in [0.15, 0.2) is 97.1 Å². The number of hydrogen-bond donors (Lipinski definition) is 2. The Morgan fingerprint density at radius 3 is 0.765 bits per heavy atom. The van der Waals surface area contributed by atoms with E-state index in [1.807, 2.05) is 24.3 Å². The van der Waals surface area contributed by atoms with Crippen molar-refractivity contribution in [2.24, 2.45) is 0 Å². The molecule has 3 aromatic heterocycles. The van der Waals surface area contributed by atoms with Crippen molar-refractivity contribution in [2.45, 2.75) is 128 Å². The molecule has 9 aromatic rings. The van der Waals surface area contributed by atoms with Crippen molar-refractivity contribution >= 4 is 65.7 Å². The van der Waals surface area contributed by atoms with Gasteiger partial charge in [-0.3, -0.25) is 0 Å². The molecule has 4 aliphatic carbocycles. The average Bonchev–Trinajstić information content (AvgIpc) is 4.08. The third-order valence-corrected chi connectivity index (χ3v) is 15.6. The van der Waals surface area contributed by atoms with Gasteiger partial charge in [0.2, 0.25) is 0 Å². The van der Waals surface area contributed by atoms with Crippen LogP contribution >= 0.6 is 0 Å². The Bertz CT molecular complexity index is 3630. The molecule has 0 amide bonds. The lowest BCUT2D eigenvalue weighted by Crippen LogP contribution is -2.22. The van der Waals surface area contributed by atoms with E-state index < -0.39 is 0 Å². The monoisotopic (exact) mass is 890 g/mol. The molecule has 15 rings (SSSR count). The van der Waals surface area contributed by atoms with Crippen molar-refractivity contribution in [2.75, 3.05) is 0 Å². The molecule has 8 heteroatoms. The number of hydrogen-bond acceptors (Lipinski definition) is 6. The van der Waals surface area contributed by atoms with E-state index in [1.54, 1.807) is 0 Å². The maximum absolute atomic E-state index is 5.85. The molecule has 0 spiro atoms. The molecule has 0 saturated carbocycles. The highest BCUT2D eigenvalue weighted by molar-refractivity contribution is 6.12. The van der Waals surface area contributed by atoms with Gasteiger partial charge in [-0.15, -0.1) is 0 Å². The van der Waals surface area contributed by atoms with Gasteiger partial charge in [-0.2, -0.15) is 0 Å². The molecule has 338 valence electrons. The highest BCUT2D eigenvalue weighted by Gasteiger charge is 2.49. The fourth-order valence-electron chi connectivity index (χ4n) is 12.0. The average molecular weight is 891 g/mol. The largest absolute Gasteiger partial charge is 0.325 e. The van der Waals surface area contributed by atoms with E-state index in [2.05, 4.69) is 166 Å². The van der Waals surface area contributed by atoms with Gasteiger partial charge in [-0.1, -0.05) is 156 Å². The third kappa shape index (κ3) is 5.97. The molecule has 6 aromatic carbocycles. The Morgan fingerprint density at radius 2 is 0.515 bits per heavy atom. The molecule has 2 N–H and O–H groups in total. The van der Waals surface area contributed by atoms with Gasteiger partial charge < -0.3 is 9.97 Å². The summed E-state index contributed by atoms with van der Waals surface area (Å²) in [5, 5.41) is 10.1. The zero-order valence-corrected chi connectivity index (χ0v) is 41.2. The summed E-state index contributed by atoms with van der Waals surface area (Å²) in [5.74, 6) is 2.32. The van der Waals surface area contributed by atoms with Crippen molar-refractivity contribution in [3.63, 3.8) is 0 Å². The van der Waals surface area contributed by atoms with E-state index in [4.69, 9.17) is 29.9 Å². The second-order valence-electron chi connectivity index (χ2n) is 24.2. The van der Waals surface area contributed by atoms with Crippen LogP contribution in [0.5, 0.6) is 0 Å². The first-order valence-electron chi connectivity index (χ1n) is 24.4. The summed E-state index contributed by atoms with van der Waals surface area (Å²) < 4.78 is 0. The van der Waals surface area contributed by atoms with Crippen LogP contribution in [-0.2, 0) is 21.7 Å². The summed E-state index contributed by atoms with van der Waals surface area (Å²) in [7, 11) is 0. The molecule has 0 radical (unpaired) electrons. The lowest BCUT2D eigenvalue weighted by Gasteiger charge is -2.35. The van der Waals surface area contributed by atoms with Crippen LogP contribution in [0.25, 0.3) is 65.7 Å². The van der Waals surface area contributed by atoms with Crippen molar-refractivity contribution in [3.8, 4) is 0 Å². The SMILES string of the molecule is CC(C)(C)c1ccc2c3c4cc(C(C)(C)C)ccc4c(c2c1)C1c2nc4nc(nc5ccc(nc6ccc(nc(n2)C31)[nH]6)[nH]5)C1c2c3ccc(C(C)(C)C)cc3c(c3ccc(C(C)(C)C)cc23)C41. The van der Waals surface area contributed by atoms with Gasteiger partial charge in [0.05, 0.1) is 23.7 Å². The van der Waals surface area contributed by atoms with E-state index in [1.165, 1.54) is 87.6 Å². The minimum atomic E-state index is -0.179. The Morgan fingerprint density at radius 1 is 0.279 bits per heavy atom. The van der Waals surface area contributed by atoms with Gasteiger partial charge in [0.1, 0.15) is 45.9 Å². The van der Waals surface area contributed by atoms with Gasteiger partial charge in [0, 0.05) is 0 Å². The van der Waals surface area contributed by atoms with Crippen LogP contribution in [0.3, 0.4) is 0 Å². The fourth-order valence-corrected chi connectivity index (χ4v) is 12.0. The van der Waals surface area contributed by atoms with Crippen molar-refractivity contribution in [3.05, 3.63) is 165 Å². The number of rotatable bonds is 0. The Labute approximate surface area is 397 Å². The lowest BCUT2D eigenvalue weighted by molar-refractivity contribution is 0.589. The molecule has 68 heavy (non-hydrogen) atoms. The summed E-state index contributed by atoms with van der Waals surface area (Å²) in [6.45, 7) is 27.6. The van der Waals surface area contributed by atoms with Crippen LogP contribution in [0, 0.1) is 0 Å². The first-order valence-corrected chi connectivity index (χ1v) is 24.4. The number of benzene rings is 6. The number of nitrogens with zero attached hydrogens (tertiary/aromatic N) is 6. The van der Waals surface area contributed by atoms with Crippen molar-refractivity contribution in [1.82, 2.24) is 39.9 Å². The maximum atomic E-state index is 5.85. The predicted molar refractivity (Wildman–Crippen MR) is 277 cm³/mol. The highest BCUT2D eigenvalue weighted by atomic mass is 15.1. The quantitative estimate of drug-likeness (QED) is 0.147. The lowest BCUT2D eigenvalue weighted by atomic mass is 9.67. The molecular formula is C60H58N8. The Balaban J connectivity index is 1.17. The topological polar surface area (TPSA) is 109 Å². The maximum Gasteiger partial charge on any atom is 0.141 e. The second kappa shape index (κ2) is 13.5. The first-order chi connectivity index (χ1) is 32.2. The zero-order valence-electron chi connectivity index (χ0n) is 41.2. The number of H-pyrrole nitrogens is 2. The highest BCUT2D eigenvalue weighted by Crippen LogP contribution is 2.60. The normalized spacial score (nSPS) is 18.9. The van der Waals surface area contributed by atoms with E-state index in [9.17, 15) is 0 Å². The number of fused-ring (bicyclic) bond motifs is 8. The number of nitrogens with one attached hydrogen (secondary N) is 2. The molecule has 0 saturated heterocycles. The van der Waals surface area contributed by atoms with Gasteiger partial charge >= 0.3 is 0 Å². The third-order valence-electron chi connectivity index (χ3n) is 15.6. The number of aromatic nitrogens is 8. The number of aromatic amines is 2. The van der Waals surface area contributed by atoms with E-state index in [0.29, 0.717) is 22.6 Å². The molecule has 5 heterocycles. The molecule has 2 aliphatic heterocycles. The summed E-state index contributed by atoms with van der Waals surface area (Å²) in [5.41, 5.74) is 13.0. The van der Waals surface area contributed by atoms with Crippen LogP contribution in [0.1, 0.15) is 175 Å². The predicted octanol–water partition coefficient (Wildman–Crippen LogP) is 14.3. The summed E-state index contributed by atoms with van der Waals surface area (Å²) >= 11 is 0. The zero-order chi connectivity index (χ0) is 47.1. The van der Waals surface area contributed by atoms with Gasteiger partial charge in [0.15, 0.2) is 0 Å². The Kier molecular flexibility index (Phi) is 8.19. The van der Waals surface area contributed by atoms with E-state index in [-0.39, 0.29) is 45.3 Å². The van der Waals surface area contributed by atoms with Gasteiger partial charge in [-0.25, -0.2) is 29.9 Å². The molecule has 8 nitrogen and oxygen atoms in total. The molecule has 0 fully saturated rings. The molecule has 4 atom stereocenters. The van der Waals surface area contributed by atoms with Crippen molar-refractivity contribution < 1.29 is 0 Å². The van der Waals surface area contributed by atoms with Crippen LogP contribution in [0.4, 0.5) is 0 Å². The summed E-state index contributed by atoms with van der Waals surface area (Å²) in [6, 6.07) is 36.5. The molecular weight excluding hydrogens is 833 g/mol. The molecule has 12 bridgehead atoms. The second-order valence-corrected chi connectivity index (χ2v) is 24.2. The van der Waals surface area contributed by atoms with E-state index >= 15 is 0 Å². The van der Waals surface area contributed by atoms with Gasteiger partial charge in [0.25, 0.3) is 0 Å². The summed E-state index contributed by atoms with van der Waals surface area (Å²) in [4.78, 5) is 39.9. The van der Waals surface area contributed by atoms with E-state index in [0.717, 1.165) is 23.3 Å². The standard InChI is InChI=1S/C60H58N8/c1-57(2,3)29-15-19-35-37(25-29)45-33-17-13-31(59(7,8)9)27-39(33)47(35)51-49(45)53-64-43-23-21-41(62-43)61-42-22-24-44(63-42)65-54-50-46-34-18-14-32(60(10,11)12)28-40(34)48(52(50)56(67-54)68-55(51)66-53)36-20-16-30(26-38(36)46)58(4,5)6/h13-28,49-52H,1-12H3,(H2,61,62,63,64,65,66,67,68). The van der Waals surface area contributed by atoms with Crippen LogP contribution < -0.4 is 0 Å². The molecule has 4 unspecified atom stereocenters. The first kappa shape index (κ1) is 41.4. The minimum Gasteiger partial charge on any atom is -0.325 e.